The van der Waals surface area contributed by atoms with Gasteiger partial charge in [-0.25, -0.2) is 0 Å². The number of allylic oxidation sites excluding steroid dienone is 2. The lowest BCUT2D eigenvalue weighted by Crippen LogP contribution is -2.71. The number of ketones is 2. The molecule has 0 spiro atoms. The van der Waals surface area contributed by atoms with Crippen LogP contribution >= 0.6 is 0 Å². The third-order valence-corrected chi connectivity index (χ3v) is 6.70. The van der Waals surface area contributed by atoms with Crippen molar-refractivity contribution in [2.75, 3.05) is 0 Å². The average molecular weight is 304 g/mol. The number of carbonyl (C=O) groups excluding carboxylic acids is 2. The number of rotatable bonds is 0. The maximum atomic E-state index is 13.0. The zero-order chi connectivity index (χ0) is 16.8. The van der Waals surface area contributed by atoms with Crippen LogP contribution < -0.4 is 0 Å². The lowest BCUT2D eigenvalue weighted by atomic mass is 9.41. The first kappa shape index (κ1) is 15.6. The topological polar surface area (TPSA) is 74.6 Å². The third kappa shape index (κ3) is 1.41. The third-order valence-electron chi connectivity index (χ3n) is 6.70. The predicted octanol–water partition coefficient (Wildman–Crippen LogP) is 1.81. The van der Waals surface area contributed by atoms with Crippen molar-refractivity contribution in [2.24, 2.45) is 23.2 Å². The summed E-state index contributed by atoms with van der Waals surface area (Å²) in [5.41, 5.74) is -1.66. The molecular weight excluding hydrogens is 280 g/mol. The number of hydrogen-bond donors (Lipinski definition) is 2. The van der Waals surface area contributed by atoms with Gasteiger partial charge in [-0.15, -0.1) is 0 Å². The van der Waals surface area contributed by atoms with E-state index in [1.807, 2.05) is 26.8 Å². The fourth-order valence-corrected chi connectivity index (χ4v) is 5.19. The molecule has 0 aromatic carbocycles. The van der Waals surface area contributed by atoms with Crippen LogP contribution in [0.15, 0.2) is 22.8 Å². The Hall–Kier alpha value is -1.26. The molecule has 5 unspecified atom stereocenters. The second-order valence-electron chi connectivity index (χ2n) is 7.84. The number of fused-ring (bicyclic) bond motifs is 1. The highest BCUT2D eigenvalue weighted by atomic mass is 16.3. The summed E-state index contributed by atoms with van der Waals surface area (Å²) in [4.78, 5) is 25.5. The van der Waals surface area contributed by atoms with Gasteiger partial charge in [0, 0.05) is 17.8 Å². The van der Waals surface area contributed by atoms with E-state index in [0.717, 1.165) is 11.1 Å². The fraction of sp³-hybridized carbons (Fsp3) is 0.667. The Morgan fingerprint density at radius 2 is 1.55 bits per heavy atom. The van der Waals surface area contributed by atoms with E-state index in [9.17, 15) is 19.8 Å². The van der Waals surface area contributed by atoms with Crippen LogP contribution in [0.1, 0.15) is 41.5 Å². The van der Waals surface area contributed by atoms with Crippen LogP contribution in [0.3, 0.4) is 0 Å². The molecule has 2 N–H and O–H groups in total. The Bertz CT molecular complexity index is 665. The molecule has 120 valence electrons. The Morgan fingerprint density at radius 1 is 1.00 bits per heavy atom. The van der Waals surface area contributed by atoms with Gasteiger partial charge in [0.15, 0.2) is 11.6 Å². The molecule has 0 aromatic heterocycles. The van der Waals surface area contributed by atoms with E-state index in [1.165, 1.54) is 13.8 Å². The van der Waals surface area contributed by atoms with E-state index in [1.54, 1.807) is 6.92 Å². The summed E-state index contributed by atoms with van der Waals surface area (Å²) in [6.07, 6.45) is 1.89. The first-order valence-electron chi connectivity index (χ1n) is 7.80. The molecule has 4 aliphatic carbocycles. The molecule has 0 aromatic rings. The molecule has 4 rings (SSSR count). The summed E-state index contributed by atoms with van der Waals surface area (Å²) >= 11 is 0. The Balaban J connectivity index is 2.37. The molecule has 4 heteroatoms. The summed E-state index contributed by atoms with van der Waals surface area (Å²) in [6.45, 7) is 10.4. The van der Waals surface area contributed by atoms with E-state index in [4.69, 9.17) is 0 Å². The van der Waals surface area contributed by atoms with Gasteiger partial charge in [0.25, 0.3) is 0 Å². The molecule has 4 nitrogen and oxygen atoms in total. The minimum Gasteiger partial charge on any atom is -0.382 e. The minimum atomic E-state index is -1.57. The van der Waals surface area contributed by atoms with Crippen LogP contribution in [0, 0.1) is 23.2 Å². The molecule has 22 heavy (non-hydrogen) atoms. The molecule has 0 heterocycles. The summed E-state index contributed by atoms with van der Waals surface area (Å²) in [7, 11) is 0. The monoisotopic (exact) mass is 304 g/mol. The van der Waals surface area contributed by atoms with E-state index >= 15 is 0 Å². The molecule has 2 bridgehead atoms. The first-order chi connectivity index (χ1) is 9.89. The van der Waals surface area contributed by atoms with E-state index in [0.29, 0.717) is 5.57 Å². The molecule has 0 aliphatic heterocycles. The average Bonchev–Trinajstić information content (AvgIpc) is 2.42. The molecule has 4 aliphatic rings. The van der Waals surface area contributed by atoms with E-state index in [2.05, 4.69) is 0 Å². The Labute approximate surface area is 130 Å². The van der Waals surface area contributed by atoms with Gasteiger partial charge in [-0.3, -0.25) is 9.59 Å². The Morgan fingerprint density at radius 3 is 2.09 bits per heavy atom. The highest BCUT2D eigenvalue weighted by Gasteiger charge is 2.70. The first-order valence-corrected chi connectivity index (χ1v) is 7.80. The predicted molar refractivity (Wildman–Crippen MR) is 82.0 cm³/mol. The van der Waals surface area contributed by atoms with Crippen molar-refractivity contribution in [2.45, 2.75) is 52.7 Å². The van der Waals surface area contributed by atoms with Crippen molar-refractivity contribution in [1.29, 1.82) is 0 Å². The molecule has 0 radical (unpaired) electrons. The number of hydrogen-bond acceptors (Lipinski definition) is 4. The van der Waals surface area contributed by atoms with Crippen LogP contribution in [0.4, 0.5) is 0 Å². The molecule has 6 atom stereocenters. The fourth-order valence-electron chi connectivity index (χ4n) is 5.19. The van der Waals surface area contributed by atoms with Crippen molar-refractivity contribution >= 4 is 11.6 Å². The second-order valence-corrected chi connectivity index (χ2v) is 7.84. The summed E-state index contributed by atoms with van der Waals surface area (Å²) in [6, 6.07) is 0. The molecule has 1 saturated carbocycles. The van der Waals surface area contributed by atoms with Gasteiger partial charge in [-0.05, 0) is 47.1 Å². The summed E-state index contributed by atoms with van der Waals surface area (Å²) < 4.78 is 0. The molecule has 1 fully saturated rings. The van der Waals surface area contributed by atoms with Crippen LogP contribution in [0.2, 0.25) is 0 Å². The number of Topliss-reactive ketones (excluding diaryl/α,β-unsaturated/α-hetero) is 2. The largest absolute Gasteiger partial charge is 0.382 e. The highest BCUT2D eigenvalue weighted by Crippen LogP contribution is 2.64. The van der Waals surface area contributed by atoms with Crippen LogP contribution in [0.5, 0.6) is 0 Å². The van der Waals surface area contributed by atoms with Crippen molar-refractivity contribution in [1.82, 2.24) is 0 Å². The normalized spacial score (nSPS) is 51.1. The summed E-state index contributed by atoms with van der Waals surface area (Å²) in [5, 5.41) is 21.7. The zero-order valence-electron chi connectivity index (χ0n) is 14.0. The van der Waals surface area contributed by atoms with Gasteiger partial charge in [0.05, 0.1) is 5.41 Å². The van der Waals surface area contributed by atoms with E-state index in [-0.39, 0.29) is 17.5 Å². The lowest BCUT2D eigenvalue weighted by molar-refractivity contribution is -0.188. The minimum absolute atomic E-state index is 0.205. The van der Waals surface area contributed by atoms with Gasteiger partial charge in [-0.1, -0.05) is 17.2 Å². The van der Waals surface area contributed by atoms with Gasteiger partial charge in [0.2, 0.25) is 0 Å². The molecular formula is C18H24O4. The van der Waals surface area contributed by atoms with Gasteiger partial charge in [0.1, 0.15) is 11.2 Å². The molecule has 0 saturated heterocycles. The van der Waals surface area contributed by atoms with Crippen LogP contribution in [-0.4, -0.2) is 33.0 Å². The van der Waals surface area contributed by atoms with Crippen molar-refractivity contribution in [3.8, 4) is 0 Å². The zero-order valence-corrected chi connectivity index (χ0v) is 14.0. The number of carbonyl (C=O) groups is 2. The summed E-state index contributed by atoms with van der Waals surface area (Å²) in [5.74, 6) is -1.78. The number of aliphatic hydroxyl groups is 2. The van der Waals surface area contributed by atoms with E-state index < -0.39 is 28.5 Å². The smallest absolute Gasteiger partial charge is 0.190 e. The molecule has 0 amide bonds. The maximum Gasteiger partial charge on any atom is 0.190 e. The second kappa shape index (κ2) is 3.98. The maximum absolute atomic E-state index is 13.0. The standard InChI is InChI=1S/C18H24O4/c1-8-7-11-13-12(16(8,4)15(20)17(11,5)21)9(2)10(3)14(19)18(13,6)22/h7,11-13,21-22H,1-6H3/t11?,12?,13?,16?,17?,18-/m1/s1. The van der Waals surface area contributed by atoms with Gasteiger partial charge >= 0.3 is 0 Å². The van der Waals surface area contributed by atoms with Gasteiger partial charge < -0.3 is 10.2 Å². The SMILES string of the molecule is CC1=CC2C3C(C(C)=C(C)C(=O)[C@]3(C)O)C1(C)C(=O)C2(C)O. The lowest BCUT2D eigenvalue weighted by Gasteiger charge is -2.62. The van der Waals surface area contributed by atoms with Crippen LogP contribution in [-0.2, 0) is 9.59 Å². The highest BCUT2D eigenvalue weighted by molar-refractivity contribution is 6.05. The van der Waals surface area contributed by atoms with Crippen molar-refractivity contribution in [3.05, 3.63) is 22.8 Å². The van der Waals surface area contributed by atoms with Crippen molar-refractivity contribution < 1.29 is 19.8 Å². The van der Waals surface area contributed by atoms with Crippen molar-refractivity contribution in [3.63, 3.8) is 0 Å². The Kier molecular flexibility index (Phi) is 2.83. The van der Waals surface area contributed by atoms with Crippen LogP contribution in [0.25, 0.3) is 0 Å². The quantitative estimate of drug-likeness (QED) is 0.669. The van der Waals surface area contributed by atoms with Gasteiger partial charge in [-0.2, -0.15) is 0 Å².